The summed E-state index contributed by atoms with van der Waals surface area (Å²) in [6.45, 7) is 6.80. The first-order valence-electron chi connectivity index (χ1n) is 10.4. The molecule has 5 nitrogen and oxygen atoms in total. The van der Waals surface area contributed by atoms with Gasteiger partial charge in [-0.1, -0.05) is 24.3 Å². The van der Waals surface area contributed by atoms with Gasteiger partial charge in [-0.25, -0.2) is 4.98 Å². The maximum Gasteiger partial charge on any atom is 0.227 e. The zero-order valence-corrected chi connectivity index (χ0v) is 17.9. The number of rotatable bonds is 6. The monoisotopic (exact) mass is 390 g/mol. The molecule has 1 aliphatic heterocycles. The maximum absolute atomic E-state index is 12.9. The molecule has 29 heavy (non-hydrogen) atoms. The van der Waals surface area contributed by atoms with Gasteiger partial charge in [0.25, 0.3) is 0 Å². The van der Waals surface area contributed by atoms with Gasteiger partial charge in [-0.2, -0.15) is 0 Å². The minimum atomic E-state index is 0.120. The van der Waals surface area contributed by atoms with Crippen LogP contribution in [0.25, 0.3) is 11.0 Å². The highest BCUT2D eigenvalue weighted by atomic mass is 16.2. The average molecular weight is 391 g/mol. The van der Waals surface area contributed by atoms with E-state index >= 15 is 0 Å². The molecular weight excluding hydrogens is 360 g/mol. The Morgan fingerprint density at radius 3 is 2.72 bits per heavy atom. The van der Waals surface area contributed by atoms with Crippen LogP contribution in [0.3, 0.4) is 0 Å². The molecule has 0 saturated carbocycles. The fraction of sp³-hybridized carbons (Fsp3) is 0.417. The number of nitrogens with zero attached hydrogens (tertiary/aromatic N) is 4. The summed E-state index contributed by atoms with van der Waals surface area (Å²) in [6.07, 6.45) is 1.58. The molecule has 1 amide bonds. The highest BCUT2D eigenvalue weighted by molar-refractivity contribution is 5.97. The Bertz CT molecular complexity index is 1040. The Hall–Kier alpha value is -2.66. The van der Waals surface area contributed by atoms with Gasteiger partial charge in [0.15, 0.2) is 0 Å². The lowest BCUT2D eigenvalue weighted by Gasteiger charge is -2.20. The number of carbonyl (C=O) groups excluding carboxylic acids is 1. The molecule has 0 unspecified atom stereocenters. The summed E-state index contributed by atoms with van der Waals surface area (Å²) in [4.78, 5) is 22.1. The maximum atomic E-state index is 12.9. The van der Waals surface area contributed by atoms with E-state index in [-0.39, 0.29) is 11.8 Å². The number of benzene rings is 2. The van der Waals surface area contributed by atoms with Gasteiger partial charge in [0.05, 0.1) is 11.0 Å². The van der Waals surface area contributed by atoms with Crippen LogP contribution in [-0.2, 0) is 11.3 Å². The second kappa shape index (κ2) is 7.99. The minimum absolute atomic E-state index is 0.120. The number of aryl methyl sites for hydroxylation is 3. The van der Waals surface area contributed by atoms with Crippen LogP contribution in [0.4, 0.5) is 5.69 Å². The molecule has 152 valence electrons. The van der Waals surface area contributed by atoms with Crippen LogP contribution >= 0.6 is 0 Å². The number of hydrogen-bond donors (Lipinski definition) is 0. The number of aromatic nitrogens is 2. The Balaban J connectivity index is 1.66. The molecule has 0 aliphatic carbocycles. The van der Waals surface area contributed by atoms with Crippen molar-refractivity contribution in [2.24, 2.45) is 0 Å². The van der Waals surface area contributed by atoms with Crippen molar-refractivity contribution in [3.63, 3.8) is 0 Å². The number of imidazole rings is 1. The quantitative estimate of drug-likeness (QED) is 0.636. The van der Waals surface area contributed by atoms with Crippen LogP contribution in [0.1, 0.15) is 35.7 Å². The third kappa shape index (κ3) is 3.92. The smallest absolute Gasteiger partial charge is 0.227 e. The van der Waals surface area contributed by atoms with E-state index in [1.807, 2.05) is 11.0 Å². The molecule has 1 aromatic heterocycles. The van der Waals surface area contributed by atoms with Crippen LogP contribution < -0.4 is 4.90 Å². The van der Waals surface area contributed by atoms with Crippen molar-refractivity contribution >= 4 is 22.6 Å². The van der Waals surface area contributed by atoms with E-state index in [0.717, 1.165) is 42.1 Å². The molecule has 1 fully saturated rings. The first-order chi connectivity index (χ1) is 13.9. The number of para-hydroxylation sites is 2. The highest BCUT2D eigenvalue weighted by Crippen LogP contribution is 2.35. The van der Waals surface area contributed by atoms with E-state index in [0.29, 0.717) is 13.0 Å². The van der Waals surface area contributed by atoms with E-state index in [1.54, 1.807) is 0 Å². The summed E-state index contributed by atoms with van der Waals surface area (Å²) in [7, 11) is 4.20. The minimum Gasteiger partial charge on any atom is -0.328 e. The number of fused-ring (bicyclic) bond motifs is 1. The Labute approximate surface area is 172 Å². The molecule has 1 saturated heterocycles. The predicted molar refractivity (Wildman–Crippen MR) is 119 cm³/mol. The van der Waals surface area contributed by atoms with E-state index in [4.69, 9.17) is 4.98 Å². The third-order valence-corrected chi connectivity index (χ3v) is 5.82. The first kappa shape index (κ1) is 19.6. The van der Waals surface area contributed by atoms with Gasteiger partial charge in [0.1, 0.15) is 5.82 Å². The Morgan fingerprint density at radius 2 is 1.93 bits per heavy atom. The van der Waals surface area contributed by atoms with Gasteiger partial charge in [0.2, 0.25) is 5.91 Å². The van der Waals surface area contributed by atoms with Gasteiger partial charge in [-0.15, -0.1) is 0 Å². The third-order valence-electron chi connectivity index (χ3n) is 5.82. The summed E-state index contributed by atoms with van der Waals surface area (Å²) in [5.41, 5.74) is 5.54. The average Bonchev–Trinajstić information content (AvgIpc) is 3.24. The zero-order chi connectivity index (χ0) is 20.5. The number of hydrogen-bond acceptors (Lipinski definition) is 3. The van der Waals surface area contributed by atoms with E-state index in [2.05, 4.69) is 73.8 Å². The van der Waals surface area contributed by atoms with E-state index < -0.39 is 0 Å². The Kier molecular flexibility index (Phi) is 5.41. The van der Waals surface area contributed by atoms with Crippen molar-refractivity contribution in [1.29, 1.82) is 0 Å². The molecule has 1 atom stereocenters. The summed E-state index contributed by atoms with van der Waals surface area (Å²) in [5.74, 6) is 1.36. The van der Waals surface area contributed by atoms with Crippen molar-refractivity contribution in [1.82, 2.24) is 14.5 Å². The zero-order valence-electron chi connectivity index (χ0n) is 17.9. The van der Waals surface area contributed by atoms with Crippen molar-refractivity contribution in [2.45, 2.75) is 39.2 Å². The largest absolute Gasteiger partial charge is 0.328 e. The SMILES string of the molecule is Cc1ccc(C)c(N2C[C@@H](c3nc4ccccc4n3CCCN(C)C)CC2=O)c1. The van der Waals surface area contributed by atoms with Crippen LogP contribution in [0, 0.1) is 13.8 Å². The molecular formula is C24H30N4O. The van der Waals surface area contributed by atoms with Gasteiger partial charge in [-0.3, -0.25) is 4.79 Å². The molecule has 2 heterocycles. The molecule has 4 rings (SSSR count). The summed E-state index contributed by atoms with van der Waals surface area (Å²) >= 11 is 0. The van der Waals surface area contributed by atoms with Crippen molar-refractivity contribution in [3.8, 4) is 0 Å². The fourth-order valence-electron chi connectivity index (χ4n) is 4.31. The molecule has 0 spiro atoms. The number of anilines is 1. The van der Waals surface area contributed by atoms with Gasteiger partial charge < -0.3 is 14.4 Å². The van der Waals surface area contributed by atoms with Crippen LogP contribution in [0.2, 0.25) is 0 Å². The molecule has 1 aliphatic rings. The van der Waals surface area contributed by atoms with Crippen LogP contribution in [-0.4, -0.2) is 47.5 Å². The van der Waals surface area contributed by atoms with E-state index in [1.165, 1.54) is 11.1 Å². The molecule has 0 radical (unpaired) electrons. The van der Waals surface area contributed by atoms with Gasteiger partial charge in [-0.05, 0) is 70.2 Å². The summed E-state index contributed by atoms with van der Waals surface area (Å²) in [5, 5.41) is 0. The van der Waals surface area contributed by atoms with Crippen molar-refractivity contribution < 1.29 is 4.79 Å². The van der Waals surface area contributed by atoms with E-state index in [9.17, 15) is 4.79 Å². The normalized spacial score (nSPS) is 17.1. The molecule has 0 bridgehead atoms. The number of amides is 1. The van der Waals surface area contributed by atoms with Crippen LogP contribution in [0.5, 0.6) is 0 Å². The lowest BCUT2D eigenvalue weighted by molar-refractivity contribution is -0.117. The van der Waals surface area contributed by atoms with Gasteiger partial charge >= 0.3 is 0 Å². The van der Waals surface area contributed by atoms with Crippen molar-refractivity contribution in [2.75, 3.05) is 32.1 Å². The van der Waals surface area contributed by atoms with Crippen LogP contribution in [0.15, 0.2) is 42.5 Å². The molecule has 2 aromatic carbocycles. The number of carbonyl (C=O) groups is 1. The standard InChI is InChI=1S/C24H30N4O/c1-17-10-11-18(2)22(14-17)28-16-19(15-23(28)29)24-25-20-8-5-6-9-21(20)27(24)13-7-12-26(3)4/h5-6,8-11,14,19H,7,12-13,15-16H2,1-4H3/t19-/m0/s1. The second-order valence-corrected chi connectivity index (χ2v) is 8.46. The molecule has 5 heteroatoms. The molecule has 3 aromatic rings. The predicted octanol–water partition coefficient (Wildman–Crippen LogP) is 4.13. The first-order valence-corrected chi connectivity index (χ1v) is 10.4. The fourth-order valence-corrected chi connectivity index (χ4v) is 4.31. The topological polar surface area (TPSA) is 41.4 Å². The summed E-state index contributed by atoms with van der Waals surface area (Å²) in [6, 6.07) is 14.6. The lowest BCUT2D eigenvalue weighted by Crippen LogP contribution is -2.25. The Morgan fingerprint density at radius 1 is 1.14 bits per heavy atom. The molecule has 0 N–H and O–H groups in total. The van der Waals surface area contributed by atoms with Gasteiger partial charge in [0, 0.05) is 31.1 Å². The lowest BCUT2D eigenvalue weighted by atomic mass is 10.1. The summed E-state index contributed by atoms with van der Waals surface area (Å²) < 4.78 is 2.34. The highest BCUT2D eigenvalue weighted by Gasteiger charge is 2.35. The second-order valence-electron chi connectivity index (χ2n) is 8.46. The van der Waals surface area contributed by atoms with Crippen molar-refractivity contribution in [3.05, 3.63) is 59.4 Å².